The van der Waals surface area contributed by atoms with Gasteiger partial charge in [0.15, 0.2) is 5.82 Å². The van der Waals surface area contributed by atoms with Gasteiger partial charge >= 0.3 is 0 Å². The van der Waals surface area contributed by atoms with E-state index in [2.05, 4.69) is 57.5 Å². The van der Waals surface area contributed by atoms with Gasteiger partial charge in [-0.2, -0.15) is 0 Å². The summed E-state index contributed by atoms with van der Waals surface area (Å²) in [6.45, 7) is 6.11. The second-order valence-electron chi connectivity index (χ2n) is 9.37. The summed E-state index contributed by atoms with van der Waals surface area (Å²) in [4.78, 5) is 19.0. The Hall–Kier alpha value is -2.54. The highest BCUT2D eigenvalue weighted by atomic mass is 16.1. The molecule has 2 aromatic heterocycles. The van der Waals surface area contributed by atoms with Gasteiger partial charge in [0.05, 0.1) is 6.04 Å². The number of likely N-dealkylation sites (tertiary alicyclic amines) is 1. The molecule has 3 aromatic rings. The SMILES string of the molecule is Cc1cc(C)c2cc([C@@H](c3nnnn3C3CCCC3)N3CCCCCC3)c(=O)[nH]c2c1. The van der Waals surface area contributed by atoms with Crippen LogP contribution in [0.4, 0.5) is 0 Å². The average molecular weight is 421 g/mol. The number of pyridine rings is 1. The first kappa shape index (κ1) is 20.4. The predicted molar refractivity (Wildman–Crippen MR) is 121 cm³/mol. The monoisotopic (exact) mass is 420 g/mol. The highest BCUT2D eigenvalue weighted by Gasteiger charge is 2.33. The number of aromatic amines is 1. The molecule has 0 amide bonds. The fourth-order valence-electron chi connectivity index (χ4n) is 5.53. The largest absolute Gasteiger partial charge is 0.322 e. The molecule has 0 bridgehead atoms. The minimum Gasteiger partial charge on any atom is -0.322 e. The third-order valence-corrected chi connectivity index (χ3v) is 7.08. The van der Waals surface area contributed by atoms with Gasteiger partial charge in [0.2, 0.25) is 0 Å². The Morgan fingerprint density at radius 3 is 2.48 bits per heavy atom. The van der Waals surface area contributed by atoms with Gasteiger partial charge in [-0.05, 0) is 86.3 Å². The molecule has 0 spiro atoms. The molecule has 1 aliphatic heterocycles. The summed E-state index contributed by atoms with van der Waals surface area (Å²) >= 11 is 0. The Balaban J connectivity index is 1.67. The van der Waals surface area contributed by atoms with Crippen LogP contribution in [0.2, 0.25) is 0 Å². The molecule has 3 heterocycles. The van der Waals surface area contributed by atoms with E-state index in [0.717, 1.165) is 66.6 Å². The van der Waals surface area contributed by atoms with Crippen molar-refractivity contribution in [2.24, 2.45) is 0 Å². The van der Waals surface area contributed by atoms with Crippen molar-refractivity contribution in [1.29, 1.82) is 0 Å². The number of H-pyrrole nitrogens is 1. The van der Waals surface area contributed by atoms with E-state index >= 15 is 0 Å². The molecule has 7 heteroatoms. The summed E-state index contributed by atoms with van der Waals surface area (Å²) in [6.07, 6.45) is 9.41. The number of aryl methyl sites for hydroxylation is 2. The van der Waals surface area contributed by atoms with Crippen LogP contribution in [0, 0.1) is 13.8 Å². The van der Waals surface area contributed by atoms with Crippen LogP contribution in [0.3, 0.4) is 0 Å². The molecule has 1 saturated heterocycles. The first-order valence-electron chi connectivity index (χ1n) is 11.8. The number of hydrogen-bond acceptors (Lipinski definition) is 5. The number of aromatic nitrogens is 5. The molecule has 1 aliphatic carbocycles. The lowest BCUT2D eigenvalue weighted by Crippen LogP contribution is -2.36. The maximum absolute atomic E-state index is 13.4. The standard InChI is InChI=1S/C24H32N6O/c1-16-13-17(2)19-15-20(24(31)25-21(19)14-16)22(29-11-7-3-4-8-12-29)23-26-27-28-30(23)18-9-5-6-10-18/h13-15,18,22H,3-12H2,1-2H3,(H,25,31)/t22-/m0/s1. The van der Waals surface area contributed by atoms with Gasteiger partial charge in [0, 0.05) is 16.5 Å². The number of nitrogens with one attached hydrogen (secondary N) is 1. The van der Waals surface area contributed by atoms with Crippen LogP contribution in [0.25, 0.3) is 10.9 Å². The minimum absolute atomic E-state index is 0.0345. The first-order valence-corrected chi connectivity index (χ1v) is 11.8. The second kappa shape index (κ2) is 8.54. The summed E-state index contributed by atoms with van der Waals surface area (Å²) in [5.74, 6) is 0.823. The van der Waals surface area contributed by atoms with Crippen molar-refractivity contribution in [3.63, 3.8) is 0 Å². The third kappa shape index (κ3) is 3.91. The summed E-state index contributed by atoms with van der Waals surface area (Å²) < 4.78 is 2.02. The first-order chi connectivity index (χ1) is 15.1. The van der Waals surface area contributed by atoms with Crippen molar-refractivity contribution < 1.29 is 0 Å². The maximum Gasteiger partial charge on any atom is 0.253 e. The van der Waals surface area contributed by atoms with Crippen LogP contribution in [0.5, 0.6) is 0 Å². The van der Waals surface area contributed by atoms with E-state index in [1.54, 1.807) is 0 Å². The molecule has 1 aromatic carbocycles. The third-order valence-electron chi connectivity index (χ3n) is 7.08. The van der Waals surface area contributed by atoms with Crippen LogP contribution in [0.15, 0.2) is 23.0 Å². The highest BCUT2D eigenvalue weighted by Crippen LogP contribution is 2.35. The summed E-state index contributed by atoms with van der Waals surface area (Å²) in [5, 5.41) is 14.1. The Kier molecular flexibility index (Phi) is 5.61. The number of hydrogen-bond donors (Lipinski definition) is 1. The summed E-state index contributed by atoms with van der Waals surface area (Å²) in [7, 11) is 0. The Labute approximate surface area is 182 Å². The number of tetrazole rings is 1. The fraction of sp³-hybridized carbons (Fsp3) is 0.583. The molecule has 7 nitrogen and oxygen atoms in total. The van der Waals surface area contributed by atoms with Crippen molar-refractivity contribution >= 4 is 10.9 Å². The number of rotatable bonds is 4. The minimum atomic E-state index is -0.220. The van der Waals surface area contributed by atoms with Crippen molar-refractivity contribution in [2.45, 2.75) is 77.3 Å². The predicted octanol–water partition coefficient (Wildman–Crippen LogP) is 4.21. The zero-order valence-corrected chi connectivity index (χ0v) is 18.6. The van der Waals surface area contributed by atoms with Gasteiger partial charge in [0.1, 0.15) is 6.04 Å². The van der Waals surface area contributed by atoms with E-state index in [9.17, 15) is 4.79 Å². The Morgan fingerprint density at radius 2 is 1.74 bits per heavy atom. The van der Waals surface area contributed by atoms with Crippen LogP contribution < -0.4 is 5.56 Å². The smallest absolute Gasteiger partial charge is 0.253 e. The molecule has 164 valence electrons. The lowest BCUT2D eigenvalue weighted by atomic mass is 9.99. The summed E-state index contributed by atoms with van der Waals surface area (Å²) in [6, 6.07) is 6.43. The van der Waals surface area contributed by atoms with Gasteiger partial charge in [-0.3, -0.25) is 9.69 Å². The van der Waals surface area contributed by atoms with Crippen LogP contribution in [0.1, 0.15) is 86.0 Å². The van der Waals surface area contributed by atoms with Gasteiger partial charge in [-0.15, -0.1) is 5.10 Å². The normalized spacial score (nSPS) is 19.7. The van der Waals surface area contributed by atoms with E-state index in [-0.39, 0.29) is 11.6 Å². The molecular formula is C24H32N6O. The molecule has 2 aliphatic rings. The van der Waals surface area contributed by atoms with Gasteiger partial charge in [-0.1, -0.05) is 31.7 Å². The molecule has 0 unspecified atom stereocenters. The van der Waals surface area contributed by atoms with Crippen LogP contribution >= 0.6 is 0 Å². The van der Waals surface area contributed by atoms with Gasteiger partial charge < -0.3 is 4.98 Å². The number of benzene rings is 1. The quantitative estimate of drug-likeness (QED) is 0.684. The molecule has 31 heavy (non-hydrogen) atoms. The van der Waals surface area contributed by atoms with E-state index in [0.29, 0.717) is 6.04 Å². The number of fused-ring (bicyclic) bond motifs is 1. The topological polar surface area (TPSA) is 79.7 Å². The van der Waals surface area contributed by atoms with E-state index in [1.807, 2.05) is 4.68 Å². The Morgan fingerprint density at radius 1 is 1.00 bits per heavy atom. The van der Waals surface area contributed by atoms with Crippen molar-refractivity contribution in [1.82, 2.24) is 30.1 Å². The fourth-order valence-corrected chi connectivity index (χ4v) is 5.53. The molecule has 5 rings (SSSR count). The van der Waals surface area contributed by atoms with Crippen molar-refractivity contribution in [3.05, 3.63) is 51.1 Å². The number of nitrogens with zero attached hydrogens (tertiary/aromatic N) is 5. The lowest BCUT2D eigenvalue weighted by Gasteiger charge is -2.30. The van der Waals surface area contributed by atoms with Crippen LogP contribution in [-0.2, 0) is 0 Å². The Bertz CT molecular complexity index is 1120. The summed E-state index contributed by atoms with van der Waals surface area (Å²) in [5.41, 5.74) is 3.96. The van der Waals surface area contributed by atoms with Crippen molar-refractivity contribution in [2.75, 3.05) is 13.1 Å². The van der Waals surface area contributed by atoms with Crippen molar-refractivity contribution in [3.8, 4) is 0 Å². The molecule has 2 fully saturated rings. The van der Waals surface area contributed by atoms with E-state index in [4.69, 9.17) is 0 Å². The maximum atomic E-state index is 13.4. The molecular weight excluding hydrogens is 388 g/mol. The zero-order valence-electron chi connectivity index (χ0n) is 18.6. The van der Waals surface area contributed by atoms with E-state index in [1.165, 1.54) is 31.2 Å². The van der Waals surface area contributed by atoms with Crippen LogP contribution in [-0.4, -0.2) is 43.2 Å². The average Bonchev–Trinajstić information content (AvgIpc) is 3.36. The second-order valence-corrected chi connectivity index (χ2v) is 9.37. The molecule has 0 radical (unpaired) electrons. The molecule has 1 atom stereocenters. The molecule has 1 saturated carbocycles. The zero-order chi connectivity index (χ0) is 21.4. The molecule has 1 N–H and O–H groups in total. The lowest BCUT2D eigenvalue weighted by molar-refractivity contribution is 0.216. The van der Waals surface area contributed by atoms with Gasteiger partial charge in [0.25, 0.3) is 5.56 Å². The highest BCUT2D eigenvalue weighted by molar-refractivity contribution is 5.83. The van der Waals surface area contributed by atoms with E-state index < -0.39 is 0 Å². The van der Waals surface area contributed by atoms with Gasteiger partial charge in [-0.25, -0.2) is 4.68 Å².